The minimum absolute atomic E-state index is 0.405. The second kappa shape index (κ2) is 7.11. The van der Waals surface area contributed by atoms with Crippen LogP contribution in [0, 0.1) is 0 Å². The van der Waals surface area contributed by atoms with Gasteiger partial charge in [-0.1, -0.05) is 11.6 Å². The number of carbonyl (C=O) groups excluding carboxylic acids is 2. The van der Waals surface area contributed by atoms with Crippen molar-refractivity contribution in [1.29, 1.82) is 0 Å². The number of carboxylic acid groups (broad SMARTS) is 1. The average molecular weight is 365 g/mol. The van der Waals surface area contributed by atoms with Crippen molar-refractivity contribution in [3.63, 3.8) is 0 Å². The molecule has 20 heavy (non-hydrogen) atoms. The van der Waals surface area contributed by atoms with Gasteiger partial charge in [0.25, 0.3) is 0 Å². The van der Waals surface area contributed by atoms with Gasteiger partial charge in [-0.3, -0.25) is 4.79 Å². The van der Waals surface area contributed by atoms with Crippen molar-refractivity contribution in [2.45, 2.75) is 12.5 Å². The number of hydrogen-bond donors (Lipinski definition) is 4. The van der Waals surface area contributed by atoms with E-state index in [0.717, 1.165) is 0 Å². The predicted octanol–water partition coefficient (Wildman–Crippen LogP) is 1.55. The second-order valence-electron chi connectivity index (χ2n) is 3.79. The van der Waals surface area contributed by atoms with Crippen molar-refractivity contribution in [2.75, 3.05) is 5.32 Å². The molecule has 0 aliphatic heterocycles. The Bertz CT molecular complexity index is 552. The fourth-order valence-electron chi connectivity index (χ4n) is 1.30. The van der Waals surface area contributed by atoms with Crippen LogP contribution < -0.4 is 16.4 Å². The fraction of sp³-hybridized carbons (Fsp3) is 0.182. The number of amides is 3. The Hall–Kier alpha value is -1.80. The quantitative estimate of drug-likeness (QED) is 0.633. The van der Waals surface area contributed by atoms with Crippen LogP contribution in [0.5, 0.6) is 0 Å². The van der Waals surface area contributed by atoms with Crippen molar-refractivity contribution >= 4 is 51.1 Å². The van der Waals surface area contributed by atoms with Crippen LogP contribution in [0.15, 0.2) is 22.7 Å². The number of primary amides is 1. The zero-order valence-corrected chi connectivity index (χ0v) is 12.4. The summed E-state index contributed by atoms with van der Waals surface area (Å²) in [5.74, 6) is -2.18. The Morgan fingerprint density at radius 2 is 2.05 bits per heavy atom. The molecule has 0 aromatic heterocycles. The molecule has 9 heteroatoms. The van der Waals surface area contributed by atoms with Crippen molar-refractivity contribution in [2.24, 2.45) is 5.73 Å². The topological polar surface area (TPSA) is 122 Å². The molecule has 0 saturated carbocycles. The van der Waals surface area contributed by atoms with Crippen LogP contribution in [-0.4, -0.2) is 29.1 Å². The molecule has 1 atom stereocenters. The number of nitrogens with two attached hydrogens (primary N) is 1. The number of nitrogens with one attached hydrogen (secondary N) is 2. The SMILES string of the molecule is NC(=O)C[C@@H](NC(=O)Nc1ccc(Cl)c(Br)c1)C(=O)O. The van der Waals surface area contributed by atoms with E-state index in [9.17, 15) is 14.4 Å². The van der Waals surface area contributed by atoms with Crippen molar-refractivity contribution in [3.8, 4) is 0 Å². The average Bonchev–Trinajstić information content (AvgIpc) is 2.32. The van der Waals surface area contributed by atoms with Gasteiger partial charge in [0.15, 0.2) is 0 Å². The molecule has 108 valence electrons. The summed E-state index contributed by atoms with van der Waals surface area (Å²) in [6.45, 7) is 0. The van der Waals surface area contributed by atoms with Crippen LogP contribution >= 0.6 is 27.5 Å². The summed E-state index contributed by atoms with van der Waals surface area (Å²) in [6.07, 6.45) is -0.493. The number of halogens is 2. The summed E-state index contributed by atoms with van der Waals surface area (Å²) in [5, 5.41) is 13.9. The Labute approximate surface area is 127 Å². The highest BCUT2D eigenvalue weighted by atomic mass is 79.9. The summed E-state index contributed by atoms with van der Waals surface area (Å²) in [5.41, 5.74) is 5.31. The van der Waals surface area contributed by atoms with Gasteiger partial charge in [-0.15, -0.1) is 0 Å². The lowest BCUT2D eigenvalue weighted by atomic mass is 10.2. The third-order valence-corrected chi connectivity index (χ3v) is 3.40. The molecule has 0 unspecified atom stereocenters. The summed E-state index contributed by atoms with van der Waals surface area (Å²) in [4.78, 5) is 33.2. The minimum atomic E-state index is -1.39. The van der Waals surface area contributed by atoms with Crippen LogP contribution in [0.1, 0.15) is 6.42 Å². The minimum Gasteiger partial charge on any atom is -0.480 e. The summed E-state index contributed by atoms with van der Waals surface area (Å²) < 4.78 is 0.573. The monoisotopic (exact) mass is 363 g/mol. The van der Waals surface area contributed by atoms with Gasteiger partial charge >= 0.3 is 12.0 Å². The van der Waals surface area contributed by atoms with Crippen molar-refractivity contribution in [1.82, 2.24) is 5.32 Å². The molecule has 1 rings (SSSR count). The van der Waals surface area contributed by atoms with E-state index in [0.29, 0.717) is 15.2 Å². The lowest BCUT2D eigenvalue weighted by Crippen LogP contribution is -2.45. The molecular weight excluding hydrogens is 353 g/mol. The number of hydrogen-bond acceptors (Lipinski definition) is 3. The van der Waals surface area contributed by atoms with Crippen LogP contribution in [0.25, 0.3) is 0 Å². The number of anilines is 1. The zero-order valence-electron chi connectivity index (χ0n) is 10.0. The largest absolute Gasteiger partial charge is 0.480 e. The lowest BCUT2D eigenvalue weighted by Gasteiger charge is -2.13. The van der Waals surface area contributed by atoms with Crippen LogP contribution in [-0.2, 0) is 9.59 Å². The van der Waals surface area contributed by atoms with E-state index in [1.165, 1.54) is 6.07 Å². The molecule has 0 bridgehead atoms. The van der Waals surface area contributed by atoms with E-state index in [2.05, 4.69) is 26.6 Å². The second-order valence-corrected chi connectivity index (χ2v) is 5.05. The molecule has 0 aliphatic rings. The Morgan fingerprint density at radius 1 is 1.40 bits per heavy atom. The van der Waals surface area contributed by atoms with Crippen molar-refractivity contribution < 1.29 is 19.5 Å². The standard InChI is InChI=1S/C11H11BrClN3O4/c12-6-3-5(1-2-7(6)13)15-11(20)16-8(10(18)19)4-9(14)17/h1-3,8H,4H2,(H2,14,17)(H,18,19)(H2,15,16,20)/t8-/m1/s1. The van der Waals surface area contributed by atoms with E-state index in [1.54, 1.807) is 12.1 Å². The van der Waals surface area contributed by atoms with E-state index >= 15 is 0 Å². The molecule has 0 saturated heterocycles. The maximum absolute atomic E-state index is 11.6. The van der Waals surface area contributed by atoms with Crippen LogP contribution in [0.4, 0.5) is 10.5 Å². The highest BCUT2D eigenvalue weighted by molar-refractivity contribution is 9.10. The fourth-order valence-corrected chi connectivity index (χ4v) is 1.80. The third-order valence-electron chi connectivity index (χ3n) is 2.19. The molecule has 1 aromatic carbocycles. The first-order valence-corrected chi connectivity index (χ1v) is 6.50. The Balaban J connectivity index is 2.67. The van der Waals surface area contributed by atoms with Crippen LogP contribution in [0.2, 0.25) is 5.02 Å². The first-order chi connectivity index (χ1) is 9.29. The van der Waals surface area contributed by atoms with Gasteiger partial charge in [-0.05, 0) is 34.1 Å². The Kier molecular flexibility index (Phi) is 5.78. The molecule has 0 heterocycles. The molecule has 5 N–H and O–H groups in total. The van der Waals surface area contributed by atoms with Gasteiger partial charge < -0.3 is 21.5 Å². The lowest BCUT2D eigenvalue weighted by molar-refractivity contribution is -0.140. The van der Waals surface area contributed by atoms with Crippen LogP contribution in [0.3, 0.4) is 0 Å². The van der Waals surface area contributed by atoms with E-state index in [4.69, 9.17) is 22.4 Å². The number of benzene rings is 1. The van der Waals surface area contributed by atoms with Gasteiger partial charge in [-0.25, -0.2) is 9.59 Å². The first-order valence-electron chi connectivity index (χ1n) is 5.33. The molecule has 0 fully saturated rings. The number of carbonyl (C=O) groups is 3. The highest BCUT2D eigenvalue weighted by Crippen LogP contribution is 2.25. The summed E-state index contributed by atoms with van der Waals surface area (Å²) in [6, 6.07) is 2.48. The smallest absolute Gasteiger partial charge is 0.326 e. The zero-order chi connectivity index (χ0) is 15.3. The normalized spacial score (nSPS) is 11.5. The number of carboxylic acids is 1. The molecule has 1 aromatic rings. The maximum atomic E-state index is 11.6. The van der Waals surface area contributed by atoms with Gasteiger partial charge in [0.05, 0.1) is 11.4 Å². The summed E-state index contributed by atoms with van der Waals surface area (Å²) in [7, 11) is 0. The third kappa shape index (κ3) is 5.06. The number of aliphatic carboxylic acids is 1. The van der Waals surface area contributed by atoms with Gasteiger partial charge in [0.1, 0.15) is 6.04 Å². The van der Waals surface area contributed by atoms with Gasteiger partial charge in [0.2, 0.25) is 5.91 Å². The molecule has 0 aliphatic carbocycles. The number of rotatable bonds is 5. The predicted molar refractivity (Wildman–Crippen MR) is 76.5 cm³/mol. The van der Waals surface area contributed by atoms with E-state index in [-0.39, 0.29) is 0 Å². The van der Waals surface area contributed by atoms with Crippen molar-refractivity contribution in [3.05, 3.63) is 27.7 Å². The van der Waals surface area contributed by atoms with E-state index in [1.807, 2.05) is 0 Å². The molecule has 0 spiro atoms. The molecule has 3 amide bonds. The summed E-state index contributed by atoms with van der Waals surface area (Å²) >= 11 is 8.98. The maximum Gasteiger partial charge on any atom is 0.326 e. The molecule has 7 nitrogen and oxygen atoms in total. The highest BCUT2D eigenvalue weighted by Gasteiger charge is 2.22. The first kappa shape index (κ1) is 16.3. The number of urea groups is 1. The van der Waals surface area contributed by atoms with Gasteiger partial charge in [0, 0.05) is 10.2 Å². The van der Waals surface area contributed by atoms with E-state index < -0.39 is 30.4 Å². The molecule has 0 radical (unpaired) electrons. The van der Waals surface area contributed by atoms with Gasteiger partial charge in [-0.2, -0.15) is 0 Å². The Morgan fingerprint density at radius 3 is 2.55 bits per heavy atom. The molecular formula is C11H11BrClN3O4.